The lowest BCUT2D eigenvalue weighted by molar-refractivity contribution is 0.815. The van der Waals surface area contributed by atoms with Crippen molar-refractivity contribution < 1.29 is 0 Å². The van der Waals surface area contributed by atoms with Crippen LogP contribution in [0.25, 0.3) is 0 Å². The molecule has 2 unspecified atom stereocenters. The van der Waals surface area contributed by atoms with E-state index < -0.39 is 0 Å². The van der Waals surface area contributed by atoms with E-state index >= 15 is 0 Å². The third-order valence-electron chi connectivity index (χ3n) is 4.61. The van der Waals surface area contributed by atoms with E-state index in [0.717, 1.165) is 24.8 Å². The Kier molecular flexibility index (Phi) is 3.57. The molecule has 0 saturated heterocycles. The maximum absolute atomic E-state index is 3.25. The quantitative estimate of drug-likeness (QED) is 0.879. The molecule has 2 atom stereocenters. The van der Waals surface area contributed by atoms with Crippen LogP contribution in [0.2, 0.25) is 0 Å². The van der Waals surface area contributed by atoms with Gasteiger partial charge in [0.05, 0.1) is 0 Å². The van der Waals surface area contributed by atoms with Gasteiger partial charge in [-0.1, -0.05) is 42.5 Å². The summed E-state index contributed by atoms with van der Waals surface area (Å²) in [6.07, 6.45) is 2.45. The second kappa shape index (κ2) is 5.23. The first-order valence-corrected chi connectivity index (χ1v) is 7.21. The van der Waals surface area contributed by atoms with Gasteiger partial charge in [0.25, 0.3) is 0 Å². The number of nitrogens with one attached hydrogen (secondary N) is 1. The fraction of sp³-hybridized carbons (Fsp3) is 0.333. The minimum absolute atomic E-state index is 0. The molecule has 0 heterocycles. The summed E-state index contributed by atoms with van der Waals surface area (Å²) in [4.78, 5) is 0. The Balaban J connectivity index is 0.00000121. The first kappa shape index (κ1) is 13.7. The lowest BCUT2D eigenvalue weighted by Gasteiger charge is -2.10. The predicted octanol–water partition coefficient (Wildman–Crippen LogP) is 4.00. The summed E-state index contributed by atoms with van der Waals surface area (Å²) in [5, 5.41) is 3.25. The van der Waals surface area contributed by atoms with Crippen LogP contribution in [0.5, 0.6) is 0 Å². The molecule has 1 fully saturated rings. The summed E-state index contributed by atoms with van der Waals surface area (Å²) in [5.74, 6) is 1.56. The first-order valence-electron chi connectivity index (χ1n) is 7.21. The highest BCUT2D eigenvalue weighted by molar-refractivity contribution is 5.85. The van der Waals surface area contributed by atoms with Crippen molar-refractivity contribution in [2.24, 2.45) is 0 Å². The molecule has 104 valence electrons. The van der Waals surface area contributed by atoms with Crippen LogP contribution in [0.15, 0.2) is 42.5 Å². The molecule has 2 aromatic carbocycles. The number of hydrogen-bond acceptors (Lipinski definition) is 1. The number of halogens is 1. The van der Waals surface area contributed by atoms with Crippen LogP contribution >= 0.6 is 12.4 Å². The van der Waals surface area contributed by atoms with Crippen LogP contribution in [0.1, 0.15) is 46.1 Å². The molecule has 0 bridgehead atoms. The molecule has 2 aliphatic rings. The summed E-state index contributed by atoms with van der Waals surface area (Å²) < 4.78 is 0. The third-order valence-corrected chi connectivity index (χ3v) is 4.61. The molecule has 1 saturated carbocycles. The molecule has 0 spiro atoms. The zero-order chi connectivity index (χ0) is 12.8. The molecule has 0 radical (unpaired) electrons. The maximum atomic E-state index is 3.25. The van der Waals surface area contributed by atoms with Gasteiger partial charge in [0.15, 0.2) is 0 Å². The van der Waals surface area contributed by atoms with Crippen LogP contribution in [0.4, 0.5) is 0 Å². The van der Waals surface area contributed by atoms with Gasteiger partial charge in [-0.15, -0.1) is 12.4 Å². The van der Waals surface area contributed by atoms with Crippen LogP contribution in [0, 0.1) is 0 Å². The van der Waals surface area contributed by atoms with Crippen molar-refractivity contribution in [1.82, 2.24) is 5.32 Å². The second-order valence-corrected chi connectivity index (χ2v) is 5.89. The minimum Gasteiger partial charge on any atom is -0.316 e. The molecule has 1 nitrogen and oxygen atoms in total. The summed E-state index contributed by atoms with van der Waals surface area (Å²) in [7, 11) is 2.01. The van der Waals surface area contributed by atoms with Crippen LogP contribution < -0.4 is 5.32 Å². The van der Waals surface area contributed by atoms with Gasteiger partial charge in [-0.3, -0.25) is 0 Å². The SMILES string of the molecule is CNCc1ccc2c(c1)Cc1ccccc1C1CC21.Cl. The van der Waals surface area contributed by atoms with E-state index in [-0.39, 0.29) is 12.4 Å². The van der Waals surface area contributed by atoms with Crippen LogP contribution in [-0.2, 0) is 13.0 Å². The first-order chi connectivity index (χ1) is 9.36. The minimum atomic E-state index is 0. The van der Waals surface area contributed by atoms with Crippen molar-refractivity contribution in [2.75, 3.05) is 7.05 Å². The van der Waals surface area contributed by atoms with Gasteiger partial charge < -0.3 is 5.32 Å². The highest BCUT2D eigenvalue weighted by atomic mass is 35.5. The fourth-order valence-corrected chi connectivity index (χ4v) is 3.63. The van der Waals surface area contributed by atoms with Crippen LogP contribution in [0.3, 0.4) is 0 Å². The van der Waals surface area contributed by atoms with Gasteiger partial charge in [0.2, 0.25) is 0 Å². The summed E-state index contributed by atoms with van der Waals surface area (Å²) in [5.41, 5.74) is 7.68. The smallest absolute Gasteiger partial charge is 0.0202 e. The Morgan fingerprint density at radius 3 is 2.55 bits per heavy atom. The average Bonchev–Trinajstić information content (AvgIpc) is 3.20. The number of fused-ring (bicyclic) bond motifs is 5. The third kappa shape index (κ3) is 2.15. The number of benzene rings is 2. The van der Waals surface area contributed by atoms with Gasteiger partial charge >= 0.3 is 0 Å². The van der Waals surface area contributed by atoms with Gasteiger partial charge in [0.1, 0.15) is 0 Å². The Morgan fingerprint density at radius 1 is 1.00 bits per heavy atom. The standard InChI is InChI=1S/C18H19N.ClH/c1-19-11-12-6-7-16-14(8-12)9-13-4-2-3-5-15(13)17-10-18(16)17;/h2-8,17-19H,9-11H2,1H3;1H. The molecule has 0 aromatic heterocycles. The zero-order valence-corrected chi connectivity index (χ0v) is 12.5. The van der Waals surface area contributed by atoms with E-state index in [1.165, 1.54) is 17.5 Å². The van der Waals surface area contributed by atoms with E-state index in [4.69, 9.17) is 0 Å². The second-order valence-electron chi connectivity index (χ2n) is 5.89. The molecular weight excluding hydrogens is 266 g/mol. The maximum Gasteiger partial charge on any atom is 0.0202 e. The molecule has 4 rings (SSSR count). The van der Waals surface area contributed by atoms with E-state index in [1.807, 2.05) is 7.05 Å². The lowest BCUT2D eigenvalue weighted by Crippen LogP contribution is -2.06. The summed E-state index contributed by atoms with van der Waals surface area (Å²) in [6, 6.07) is 16.1. The molecule has 2 heteroatoms. The van der Waals surface area contributed by atoms with Gasteiger partial charge in [-0.05, 0) is 59.5 Å². The summed E-state index contributed by atoms with van der Waals surface area (Å²) >= 11 is 0. The largest absolute Gasteiger partial charge is 0.316 e. The molecule has 2 aromatic rings. The molecular formula is C18H20ClN. The van der Waals surface area contributed by atoms with Crippen molar-refractivity contribution in [3.05, 3.63) is 70.3 Å². The topological polar surface area (TPSA) is 12.0 Å². The molecule has 0 aliphatic heterocycles. The van der Waals surface area contributed by atoms with Crippen molar-refractivity contribution in [3.8, 4) is 0 Å². The number of hydrogen-bond donors (Lipinski definition) is 1. The lowest BCUT2D eigenvalue weighted by atomic mass is 9.96. The van der Waals surface area contributed by atoms with Gasteiger partial charge in [-0.2, -0.15) is 0 Å². The van der Waals surface area contributed by atoms with Gasteiger partial charge in [0, 0.05) is 6.54 Å². The molecule has 20 heavy (non-hydrogen) atoms. The molecule has 2 aliphatic carbocycles. The Hall–Kier alpha value is -1.31. The number of rotatable bonds is 2. The van der Waals surface area contributed by atoms with Gasteiger partial charge in [-0.25, -0.2) is 0 Å². The zero-order valence-electron chi connectivity index (χ0n) is 11.7. The molecule has 0 amide bonds. The highest BCUT2D eigenvalue weighted by Gasteiger charge is 2.43. The van der Waals surface area contributed by atoms with Crippen molar-refractivity contribution in [2.45, 2.75) is 31.2 Å². The van der Waals surface area contributed by atoms with Crippen molar-refractivity contribution >= 4 is 12.4 Å². The monoisotopic (exact) mass is 285 g/mol. The Labute approximate surface area is 126 Å². The van der Waals surface area contributed by atoms with Crippen LogP contribution in [-0.4, -0.2) is 7.05 Å². The van der Waals surface area contributed by atoms with Crippen molar-refractivity contribution in [1.29, 1.82) is 0 Å². The fourth-order valence-electron chi connectivity index (χ4n) is 3.63. The van der Waals surface area contributed by atoms with E-state index in [9.17, 15) is 0 Å². The van der Waals surface area contributed by atoms with E-state index in [0.29, 0.717) is 0 Å². The molecule has 1 N–H and O–H groups in total. The highest BCUT2D eigenvalue weighted by Crippen LogP contribution is 2.58. The summed E-state index contributed by atoms with van der Waals surface area (Å²) in [6.45, 7) is 0.961. The Bertz CT molecular complexity index is 635. The average molecular weight is 286 g/mol. The van der Waals surface area contributed by atoms with E-state index in [2.05, 4.69) is 47.8 Å². The normalized spacial score (nSPS) is 21.9. The predicted molar refractivity (Wildman–Crippen MR) is 85.8 cm³/mol. The Morgan fingerprint density at radius 2 is 1.75 bits per heavy atom. The van der Waals surface area contributed by atoms with Crippen molar-refractivity contribution in [3.63, 3.8) is 0 Å². The van der Waals surface area contributed by atoms with E-state index in [1.54, 1.807) is 16.7 Å².